The van der Waals surface area contributed by atoms with Gasteiger partial charge in [-0.1, -0.05) is 29.8 Å². The molecule has 1 aliphatic carbocycles. The molecule has 0 bridgehead atoms. The van der Waals surface area contributed by atoms with Crippen molar-refractivity contribution in [2.75, 3.05) is 6.26 Å². The zero-order chi connectivity index (χ0) is 16.4. The largest absolute Gasteiger partial charge is 0.224 e. The zero-order valence-electron chi connectivity index (χ0n) is 13.0. The van der Waals surface area contributed by atoms with Crippen LogP contribution in [0.5, 0.6) is 0 Å². The van der Waals surface area contributed by atoms with E-state index in [0.717, 1.165) is 29.5 Å². The number of hydrogen-bond donors (Lipinski definition) is 0. The van der Waals surface area contributed by atoms with Crippen molar-refractivity contribution >= 4 is 15.4 Å². The lowest BCUT2D eigenvalue weighted by atomic mass is 9.92. The van der Waals surface area contributed by atoms with E-state index in [1.807, 2.05) is 12.1 Å². The molecule has 2 aromatic carbocycles. The summed E-state index contributed by atoms with van der Waals surface area (Å²) >= 11 is 0. The Kier molecular flexibility index (Phi) is 4.35. The van der Waals surface area contributed by atoms with Gasteiger partial charge >= 0.3 is 0 Å². The van der Waals surface area contributed by atoms with Crippen molar-refractivity contribution in [3.05, 3.63) is 71.0 Å². The Labute approximate surface area is 136 Å². The molecule has 0 aliphatic heterocycles. The van der Waals surface area contributed by atoms with E-state index >= 15 is 0 Å². The Morgan fingerprint density at radius 1 is 0.870 bits per heavy atom. The lowest BCUT2D eigenvalue weighted by molar-refractivity contribution is 0.602. The molecule has 23 heavy (non-hydrogen) atoms. The molecule has 120 valence electrons. The first-order valence-electron chi connectivity index (χ1n) is 7.73. The maximum atomic E-state index is 13.2. The van der Waals surface area contributed by atoms with Gasteiger partial charge in [0.1, 0.15) is 5.82 Å². The summed E-state index contributed by atoms with van der Waals surface area (Å²) < 4.78 is 36.5. The van der Waals surface area contributed by atoms with Gasteiger partial charge in [0.05, 0.1) is 4.90 Å². The van der Waals surface area contributed by atoms with Gasteiger partial charge in [-0.15, -0.1) is 0 Å². The molecule has 3 rings (SSSR count). The minimum atomic E-state index is -3.20. The van der Waals surface area contributed by atoms with Crippen molar-refractivity contribution in [1.29, 1.82) is 0 Å². The molecule has 1 aliphatic rings. The first-order chi connectivity index (χ1) is 10.9. The average molecular weight is 330 g/mol. The average Bonchev–Trinajstić information content (AvgIpc) is 3.03. The molecular weight excluding hydrogens is 311 g/mol. The third-order valence-electron chi connectivity index (χ3n) is 4.26. The summed E-state index contributed by atoms with van der Waals surface area (Å²) in [7, 11) is -3.20. The summed E-state index contributed by atoms with van der Waals surface area (Å²) in [5.74, 6) is -0.253. The molecular formula is C19H19FO2S. The van der Waals surface area contributed by atoms with E-state index < -0.39 is 9.84 Å². The van der Waals surface area contributed by atoms with Crippen molar-refractivity contribution in [2.45, 2.75) is 30.6 Å². The minimum absolute atomic E-state index is 0.253. The number of halogens is 1. The first-order valence-corrected chi connectivity index (χ1v) is 9.63. The topological polar surface area (TPSA) is 34.1 Å². The lowest BCUT2D eigenvalue weighted by Gasteiger charge is -2.13. The summed E-state index contributed by atoms with van der Waals surface area (Å²) in [6, 6.07) is 13.5. The maximum absolute atomic E-state index is 13.2. The van der Waals surface area contributed by atoms with Gasteiger partial charge in [0, 0.05) is 6.26 Å². The maximum Gasteiger partial charge on any atom is 0.175 e. The highest BCUT2D eigenvalue weighted by Gasteiger charge is 2.17. The standard InChI is InChI=1S/C19H19FO2S/c1-23(21,22)18-12-8-16(9-13-18)19(14-4-2-3-5-14)15-6-10-17(20)11-7-15/h6-13H,2-5H2,1H3. The van der Waals surface area contributed by atoms with Crippen molar-refractivity contribution in [1.82, 2.24) is 0 Å². The second-order valence-corrected chi connectivity index (χ2v) is 8.00. The van der Waals surface area contributed by atoms with E-state index in [1.165, 1.54) is 36.8 Å². The van der Waals surface area contributed by atoms with Crippen LogP contribution in [0, 0.1) is 5.82 Å². The molecule has 0 aromatic heterocycles. The molecule has 1 fully saturated rings. The summed E-state index contributed by atoms with van der Waals surface area (Å²) in [5.41, 5.74) is 4.45. The van der Waals surface area contributed by atoms with E-state index in [-0.39, 0.29) is 5.82 Å². The SMILES string of the molecule is CS(=O)(=O)c1ccc(C(=C2CCCC2)c2ccc(F)cc2)cc1. The highest BCUT2D eigenvalue weighted by molar-refractivity contribution is 7.90. The highest BCUT2D eigenvalue weighted by atomic mass is 32.2. The highest BCUT2D eigenvalue weighted by Crippen LogP contribution is 2.36. The van der Waals surface area contributed by atoms with Crippen LogP contribution in [-0.2, 0) is 9.84 Å². The van der Waals surface area contributed by atoms with Crippen LogP contribution in [0.4, 0.5) is 4.39 Å². The molecule has 0 N–H and O–H groups in total. The molecule has 0 radical (unpaired) electrons. The first kappa shape index (κ1) is 15.9. The van der Waals surface area contributed by atoms with Crippen LogP contribution in [0.1, 0.15) is 36.8 Å². The van der Waals surface area contributed by atoms with Gasteiger partial charge in [0.25, 0.3) is 0 Å². The van der Waals surface area contributed by atoms with Gasteiger partial charge < -0.3 is 0 Å². The van der Waals surface area contributed by atoms with E-state index in [0.29, 0.717) is 4.90 Å². The van der Waals surface area contributed by atoms with Gasteiger partial charge in [-0.05, 0) is 66.6 Å². The molecule has 0 amide bonds. The molecule has 1 saturated carbocycles. The molecule has 2 nitrogen and oxygen atoms in total. The quantitative estimate of drug-likeness (QED) is 0.824. The number of hydrogen-bond acceptors (Lipinski definition) is 2. The number of rotatable bonds is 3. The Bertz CT molecular complexity index is 824. The fraction of sp³-hybridized carbons (Fsp3) is 0.263. The van der Waals surface area contributed by atoms with E-state index in [2.05, 4.69) is 0 Å². The van der Waals surface area contributed by atoms with Crippen LogP contribution >= 0.6 is 0 Å². The Morgan fingerprint density at radius 3 is 1.83 bits per heavy atom. The second-order valence-electron chi connectivity index (χ2n) is 5.99. The molecule has 0 heterocycles. The van der Waals surface area contributed by atoms with Crippen LogP contribution in [0.3, 0.4) is 0 Å². The van der Waals surface area contributed by atoms with Crippen LogP contribution in [0.2, 0.25) is 0 Å². The van der Waals surface area contributed by atoms with Crippen LogP contribution in [0.25, 0.3) is 5.57 Å². The third-order valence-corrected chi connectivity index (χ3v) is 5.39. The van der Waals surface area contributed by atoms with Crippen molar-refractivity contribution in [2.24, 2.45) is 0 Å². The van der Waals surface area contributed by atoms with Gasteiger partial charge in [0.2, 0.25) is 0 Å². The molecule has 0 unspecified atom stereocenters. The fourth-order valence-electron chi connectivity index (χ4n) is 3.11. The van der Waals surface area contributed by atoms with Crippen LogP contribution < -0.4 is 0 Å². The Hall–Kier alpha value is -1.94. The molecule has 0 saturated heterocycles. The smallest absolute Gasteiger partial charge is 0.175 e. The lowest BCUT2D eigenvalue weighted by Crippen LogP contribution is -1.98. The number of sulfone groups is 1. The minimum Gasteiger partial charge on any atom is -0.224 e. The van der Waals surface area contributed by atoms with Gasteiger partial charge in [0.15, 0.2) is 9.84 Å². The summed E-state index contributed by atoms with van der Waals surface area (Å²) in [6.45, 7) is 0. The van der Waals surface area contributed by atoms with E-state index in [1.54, 1.807) is 24.3 Å². The Balaban J connectivity index is 2.09. The monoisotopic (exact) mass is 330 g/mol. The van der Waals surface area contributed by atoms with Gasteiger partial charge in [-0.2, -0.15) is 0 Å². The fourth-order valence-corrected chi connectivity index (χ4v) is 3.74. The molecule has 0 spiro atoms. The normalized spacial score (nSPS) is 15.0. The number of allylic oxidation sites excluding steroid dienone is 1. The predicted molar refractivity (Wildman–Crippen MR) is 90.4 cm³/mol. The van der Waals surface area contributed by atoms with E-state index in [9.17, 15) is 12.8 Å². The molecule has 2 aromatic rings. The molecule has 4 heteroatoms. The van der Waals surface area contributed by atoms with Crippen molar-refractivity contribution in [3.8, 4) is 0 Å². The van der Waals surface area contributed by atoms with Crippen LogP contribution in [0.15, 0.2) is 59.0 Å². The van der Waals surface area contributed by atoms with Gasteiger partial charge in [-0.25, -0.2) is 12.8 Å². The number of benzene rings is 2. The van der Waals surface area contributed by atoms with Crippen LogP contribution in [-0.4, -0.2) is 14.7 Å². The van der Waals surface area contributed by atoms with Crippen molar-refractivity contribution in [3.63, 3.8) is 0 Å². The summed E-state index contributed by atoms with van der Waals surface area (Å²) in [5, 5.41) is 0. The van der Waals surface area contributed by atoms with Gasteiger partial charge in [-0.3, -0.25) is 0 Å². The third kappa shape index (κ3) is 3.53. The Morgan fingerprint density at radius 2 is 1.35 bits per heavy atom. The van der Waals surface area contributed by atoms with E-state index in [4.69, 9.17) is 0 Å². The second kappa shape index (κ2) is 6.28. The zero-order valence-corrected chi connectivity index (χ0v) is 13.9. The summed E-state index contributed by atoms with van der Waals surface area (Å²) in [4.78, 5) is 0.316. The van der Waals surface area contributed by atoms with Crippen molar-refractivity contribution < 1.29 is 12.8 Å². The summed E-state index contributed by atoms with van der Waals surface area (Å²) in [6.07, 6.45) is 5.63. The predicted octanol–water partition coefficient (Wildman–Crippen LogP) is 4.61. The molecule has 0 atom stereocenters.